The summed E-state index contributed by atoms with van der Waals surface area (Å²) < 4.78 is 22.4. The van der Waals surface area contributed by atoms with Gasteiger partial charge in [-0.05, 0) is 43.9 Å². The standard InChI is InChI=1S/C23H30O6/c1-3-4-5-11-26-22(24)15-27-17-9-10-19-20(13-17)28-14-21(23(19)25)29-18-8-6-7-16(2)12-18/h6-8,12,14,17,19-20H,3-5,9-11,13,15H2,1-2H3. The van der Waals surface area contributed by atoms with E-state index in [1.807, 2.05) is 31.2 Å². The molecule has 3 rings (SSSR count). The average molecular weight is 402 g/mol. The van der Waals surface area contributed by atoms with Gasteiger partial charge in [-0.25, -0.2) is 4.79 Å². The Hall–Kier alpha value is -2.34. The molecule has 1 saturated carbocycles. The van der Waals surface area contributed by atoms with Gasteiger partial charge >= 0.3 is 5.97 Å². The first-order valence-corrected chi connectivity index (χ1v) is 10.5. The van der Waals surface area contributed by atoms with Crippen molar-refractivity contribution >= 4 is 11.8 Å². The van der Waals surface area contributed by atoms with Gasteiger partial charge < -0.3 is 18.9 Å². The summed E-state index contributed by atoms with van der Waals surface area (Å²) in [5.41, 5.74) is 1.06. The Morgan fingerprint density at radius 3 is 2.90 bits per heavy atom. The number of aryl methyl sites for hydroxylation is 1. The Morgan fingerprint density at radius 2 is 2.10 bits per heavy atom. The summed E-state index contributed by atoms with van der Waals surface area (Å²) in [5, 5.41) is 0. The number of Topliss-reactive ketones (excluding diaryl/α,β-unsaturated/α-hetero) is 1. The maximum atomic E-state index is 12.8. The number of allylic oxidation sites excluding steroid dienone is 1. The second kappa shape index (κ2) is 10.4. The number of unbranched alkanes of at least 4 members (excludes halogenated alkanes) is 2. The van der Waals surface area contributed by atoms with Crippen molar-refractivity contribution in [3.05, 3.63) is 41.9 Å². The van der Waals surface area contributed by atoms with Crippen molar-refractivity contribution in [2.24, 2.45) is 5.92 Å². The van der Waals surface area contributed by atoms with E-state index in [-0.39, 0.29) is 42.2 Å². The molecule has 1 aromatic carbocycles. The third-order valence-electron chi connectivity index (χ3n) is 5.34. The highest BCUT2D eigenvalue weighted by molar-refractivity contribution is 5.96. The molecule has 0 radical (unpaired) electrons. The monoisotopic (exact) mass is 402 g/mol. The van der Waals surface area contributed by atoms with Crippen molar-refractivity contribution in [3.63, 3.8) is 0 Å². The van der Waals surface area contributed by atoms with Crippen molar-refractivity contribution in [2.45, 2.75) is 64.6 Å². The number of carbonyl (C=O) groups is 2. The van der Waals surface area contributed by atoms with Gasteiger partial charge in [-0.3, -0.25) is 4.79 Å². The molecule has 0 aromatic heterocycles. The highest BCUT2D eigenvalue weighted by atomic mass is 16.6. The number of hydrogen-bond acceptors (Lipinski definition) is 6. The largest absolute Gasteiger partial charge is 0.493 e. The van der Waals surface area contributed by atoms with Crippen LogP contribution in [0.2, 0.25) is 0 Å². The van der Waals surface area contributed by atoms with E-state index in [2.05, 4.69) is 6.92 Å². The van der Waals surface area contributed by atoms with Crippen molar-refractivity contribution < 1.29 is 28.5 Å². The SMILES string of the molecule is CCCCCOC(=O)COC1CCC2C(=O)C(Oc3cccc(C)c3)=COC2C1. The summed E-state index contributed by atoms with van der Waals surface area (Å²) in [6.45, 7) is 4.46. The van der Waals surface area contributed by atoms with Gasteiger partial charge in [0.05, 0.1) is 18.6 Å². The fraction of sp³-hybridized carbons (Fsp3) is 0.565. The fourth-order valence-electron chi connectivity index (χ4n) is 3.73. The zero-order valence-electron chi connectivity index (χ0n) is 17.2. The Bertz CT molecular complexity index is 741. The third kappa shape index (κ3) is 6.07. The van der Waals surface area contributed by atoms with Crippen LogP contribution in [0.5, 0.6) is 5.75 Å². The van der Waals surface area contributed by atoms with E-state index in [1.165, 1.54) is 6.26 Å². The lowest BCUT2D eigenvalue weighted by Gasteiger charge is -2.36. The molecule has 6 heteroatoms. The maximum absolute atomic E-state index is 12.8. The van der Waals surface area contributed by atoms with E-state index in [1.54, 1.807) is 0 Å². The van der Waals surface area contributed by atoms with E-state index in [0.29, 0.717) is 31.6 Å². The van der Waals surface area contributed by atoms with Crippen molar-refractivity contribution in [1.29, 1.82) is 0 Å². The third-order valence-corrected chi connectivity index (χ3v) is 5.34. The molecule has 6 nitrogen and oxygen atoms in total. The van der Waals surface area contributed by atoms with Gasteiger partial charge in [-0.15, -0.1) is 0 Å². The summed E-state index contributed by atoms with van der Waals surface area (Å²) in [7, 11) is 0. The van der Waals surface area contributed by atoms with Gasteiger partial charge in [0, 0.05) is 6.42 Å². The maximum Gasteiger partial charge on any atom is 0.332 e. The lowest BCUT2D eigenvalue weighted by molar-refractivity contribution is -0.154. The minimum Gasteiger partial charge on any atom is -0.493 e. The first-order chi connectivity index (χ1) is 14.1. The fourth-order valence-corrected chi connectivity index (χ4v) is 3.73. The molecule has 2 aliphatic rings. The Morgan fingerprint density at radius 1 is 1.24 bits per heavy atom. The molecule has 0 N–H and O–H groups in total. The normalized spacial score (nSPS) is 23.6. The summed E-state index contributed by atoms with van der Waals surface area (Å²) in [6.07, 6.45) is 6.00. The van der Waals surface area contributed by atoms with Crippen LogP contribution in [0.1, 0.15) is 51.0 Å². The summed E-state index contributed by atoms with van der Waals surface area (Å²) in [5.74, 6) is 0.266. The number of fused-ring (bicyclic) bond motifs is 1. The smallest absolute Gasteiger partial charge is 0.332 e. The van der Waals surface area contributed by atoms with Crippen LogP contribution in [0.15, 0.2) is 36.3 Å². The van der Waals surface area contributed by atoms with Crippen LogP contribution >= 0.6 is 0 Å². The molecular formula is C23H30O6. The van der Waals surface area contributed by atoms with Crippen molar-refractivity contribution in [3.8, 4) is 5.75 Å². The zero-order valence-corrected chi connectivity index (χ0v) is 17.2. The number of benzene rings is 1. The molecule has 0 amide bonds. The average Bonchev–Trinajstić information content (AvgIpc) is 2.72. The molecule has 3 unspecified atom stereocenters. The van der Waals surface area contributed by atoms with Crippen molar-refractivity contribution in [2.75, 3.05) is 13.2 Å². The minimum atomic E-state index is -0.336. The van der Waals surface area contributed by atoms with Gasteiger partial charge in [0.25, 0.3) is 0 Å². The molecule has 0 spiro atoms. The Balaban J connectivity index is 1.46. The van der Waals surface area contributed by atoms with E-state index in [9.17, 15) is 9.59 Å². The number of carbonyl (C=O) groups excluding carboxylic acids is 2. The first kappa shape index (κ1) is 21.4. The molecular weight excluding hydrogens is 372 g/mol. The highest BCUT2D eigenvalue weighted by Gasteiger charge is 2.41. The van der Waals surface area contributed by atoms with Gasteiger partial charge in [-0.1, -0.05) is 31.9 Å². The van der Waals surface area contributed by atoms with Gasteiger partial charge in [0.1, 0.15) is 24.7 Å². The van der Waals surface area contributed by atoms with Crippen LogP contribution in [0.3, 0.4) is 0 Å². The highest BCUT2D eigenvalue weighted by Crippen LogP contribution is 2.35. The van der Waals surface area contributed by atoms with E-state index >= 15 is 0 Å². The van der Waals surface area contributed by atoms with Crippen LogP contribution < -0.4 is 4.74 Å². The van der Waals surface area contributed by atoms with E-state index < -0.39 is 0 Å². The zero-order chi connectivity index (χ0) is 20.6. The van der Waals surface area contributed by atoms with E-state index in [4.69, 9.17) is 18.9 Å². The van der Waals surface area contributed by atoms with Crippen LogP contribution in [-0.2, 0) is 23.8 Å². The molecule has 3 atom stereocenters. The Labute approximate surface area is 172 Å². The number of rotatable bonds is 9. The number of esters is 1. The van der Waals surface area contributed by atoms with Gasteiger partial charge in [-0.2, -0.15) is 0 Å². The lowest BCUT2D eigenvalue weighted by Crippen LogP contribution is -2.42. The predicted octanol–water partition coefficient (Wildman–Crippen LogP) is 4.10. The van der Waals surface area contributed by atoms with E-state index in [0.717, 1.165) is 24.8 Å². The molecule has 158 valence electrons. The lowest BCUT2D eigenvalue weighted by atomic mass is 9.80. The summed E-state index contributed by atoms with van der Waals surface area (Å²) >= 11 is 0. The van der Waals surface area contributed by atoms with Crippen LogP contribution in [0.25, 0.3) is 0 Å². The molecule has 29 heavy (non-hydrogen) atoms. The first-order valence-electron chi connectivity index (χ1n) is 10.5. The number of hydrogen-bond donors (Lipinski definition) is 0. The summed E-state index contributed by atoms with van der Waals surface area (Å²) in [4.78, 5) is 24.6. The quantitative estimate of drug-likeness (QED) is 0.457. The second-order valence-electron chi connectivity index (χ2n) is 7.72. The predicted molar refractivity (Wildman–Crippen MR) is 107 cm³/mol. The molecule has 0 bridgehead atoms. The Kier molecular flexibility index (Phi) is 7.69. The van der Waals surface area contributed by atoms with Crippen LogP contribution in [0, 0.1) is 12.8 Å². The number of ketones is 1. The van der Waals surface area contributed by atoms with Crippen LogP contribution in [0.4, 0.5) is 0 Å². The topological polar surface area (TPSA) is 71.1 Å². The van der Waals surface area contributed by atoms with Gasteiger partial charge in [0.15, 0.2) is 0 Å². The van der Waals surface area contributed by atoms with Crippen molar-refractivity contribution in [1.82, 2.24) is 0 Å². The molecule has 1 aliphatic heterocycles. The van der Waals surface area contributed by atoms with Gasteiger partial charge in [0.2, 0.25) is 11.5 Å². The second-order valence-corrected chi connectivity index (χ2v) is 7.72. The molecule has 1 heterocycles. The minimum absolute atomic E-state index is 0.0310. The molecule has 0 saturated heterocycles. The molecule has 1 aromatic rings. The van der Waals surface area contributed by atoms with Crippen LogP contribution in [-0.4, -0.2) is 37.2 Å². The summed E-state index contributed by atoms with van der Waals surface area (Å²) in [6, 6.07) is 7.56. The molecule has 1 aliphatic carbocycles. The molecule has 1 fully saturated rings. The number of ether oxygens (including phenoxy) is 4.